The summed E-state index contributed by atoms with van der Waals surface area (Å²) in [4.78, 5) is 30.3. The number of carbonyl (C=O) groups is 2. The predicted molar refractivity (Wildman–Crippen MR) is 154 cm³/mol. The average Bonchev–Trinajstić information content (AvgIpc) is 3.35. The molecule has 3 aliphatic rings. The fourth-order valence-corrected chi connectivity index (χ4v) is 6.98. The molecule has 2 aromatic carbocycles. The van der Waals surface area contributed by atoms with Crippen molar-refractivity contribution in [3.8, 4) is 0 Å². The number of ether oxygens (including phenoxy) is 1. The SMILES string of the molecule is CC(C)(C)C[C@H]1N[C@@H](C(=O)NCCN2CCOCC2)[C@H](c2cccc(Br)c2F)[C@@]12C(=O)Nc1cc(Cl)ccc12. The Bertz CT molecular complexity index is 1270. The lowest BCUT2D eigenvalue weighted by Crippen LogP contribution is -2.49. The summed E-state index contributed by atoms with van der Waals surface area (Å²) in [5.74, 6) is -1.78. The Morgan fingerprint density at radius 3 is 2.72 bits per heavy atom. The lowest BCUT2D eigenvalue weighted by Gasteiger charge is -2.37. The molecule has 210 valence electrons. The van der Waals surface area contributed by atoms with Crippen LogP contribution in [-0.4, -0.2) is 68.2 Å². The van der Waals surface area contributed by atoms with E-state index in [0.717, 1.165) is 18.7 Å². The molecule has 0 saturated carbocycles. The molecule has 2 saturated heterocycles. The number of nitrogens with zero attached hydrogens (tertiary/aromatic N) is 1. The summed E-state index contributed by atoms with van der Waals surface area (Å²) < 4.78 is 21.6. The summed E-state index contributed by atoms with van der Waals surface area (Å²) >= 11 is 9.62. The fraction of sp³-hybridized carbons (Fsp3) is 0.517. The molecule has 0 radical (unpaired) electrons. The van der Waals surface area contributed by atoms with Gasteiger partial charge in [0.15, 0.2) is 0 Å². The van der Waals surface area contributed by atoms with Crippen LogP contribution < -0.4 is 16.0 Å². The molecule has 39 heavy (non-hydrogen) atoms. The Labute approximate surface area is 242 Å². The highest BCUT2D eigenvalue weighted by atomic mass is 79.9. The Morgan fingerprint density at radius 1 is 1.26 bits per heavy atom. The van der Waals surface area contributed by atoms with Crippen molar-refractivity contribution in [3.63, 3.8) is 0 Å². The number of fused-ring (bicyclic) bond motifs is 2. The molecular weight excluding hydrogens is 587 g/mol. The van der Waals surface area contributed by atoms with Gasteiger partial charge < -0.3 is 20.7 Å². The normalized spacial score (nSPS) is 27.0. The van der Waals surface area contributed by atoms with Crippen LogP contribution in [0.4, 0.5) is 10.1 Å². The highest BCUT2D eigenvalue weighted by Gasteiger charge is 2.66. The summed E-state index contributed by atoms with van der Waals surface area (Å²) in [7, 11) is 0. The summed E-state index contributed by atoms with van der Waals surface area (Å²) in [5, 5.41) is 10.1. The van der Waals surface area contributed by atoms with Crippen LogP contribution >= 0.6 is 27.5 Å². The van der Waals surface area contributed by atoms with Gasteiger partial charge in [0.05, 0.1) is 23.7 Å². The molecule has 1 spiro atoms. The number of hydrogen-bond donors (Lipinski definition) is 3. The topological polar surface area (TPSA) is 82.7 Å². The first-order valence-electron chi connectivity index (χ1n) is 13.4. The lowest BCUT2D eigenvalue weighted by molar-refractivity contribution is -0.124. The van der Waals surface area contributed by atoms with Crippen molar-refractivity contribution in [2.75, 3.05) is 44.7 Å². The second kappa shape index (κ2) is 11.1. The molecule has 0 aliphatic carbocycles. The van der Waals surface area contributed by atoms with Crippen molar-refractivity contribution in [3.05, 3.63) is 62.8 Å². The smallest absolute Gasteiger partial charge is 0.237 e. The number of hydrogen-bond acceptors (Lipinski definition) is 5. The molecule has 2 amide bonds. The number of benzene rings is 2. The van der Waals surface area contributed by atoms with E-state index in [1.165, 1.54) is 0 Å². The molecule has 5 rings (SSSR count). The van der Waals surface area contributed by atoms with Crippen LogP contribution in [0.15, 0.2) is 40.9 Å². The molecule has 3 aliphatic heterocycles. The minimum atomic E-state index is -1.22. The van der Waals surface area contributed by atoms with Crippen LogP contribution in [0.25, 0.3) is 0 Å². The number of halogens is 3. The highest BCUT2D eigenvalue weighted by molar-refractivity contribution is 9.10. The van der Waals surface area contributed by atoms with Crippen LogP contribution in [0.1, 0.15) is 44.2 Å². The van der Waals surface area contributed by atoms with Gasteiger partial charge in [0.25, 0.3) is 0 Å². The highest BCUT2D eigenvalue weighted by Crippen LogP contribution is 2.57. The summed E-state index contributed by atoms with van der Waals surface area (Å²) in [6, 6.07) is 9.10. The van der Waals surface area contributed by atoms with Gasteiger partial charge in [-0.15, -0.1) is 0 Å². The van der Waals surface area contributed by atoms with E-state index >= 15 is 4.39 Å². The molecule has 3 N–H and O–H groups in total. The van der Waals surface area contributed by atoms with E-state index in [9.17, 15) is 9.59 Å². The van der Waals surface area contributed by atoms with Gasteiger partial charge in [0, 0.05) is 48.8 Å². The van der Waals surface area contributed by atoms with Crippen molar-refractivity contribution in [2.24, 2.45) is 5.41 Å². The molecule has 2 fully saturated rings. The van der Waals surface area contributed by atoms with E-state index in [4.69, 9.17) is 16.3 Å². The van der Waals surface area contributed by atoms with Crippen LogP contribution in [0.5, 0.6) is 0 Å². The molecule has 3 heterocycles. The number of anilines is 1. The minimum absolute atomic E-state index is 0.178. The molecule has 7 nitrogen and oxygen atoms in total. The van der Waals surface area contributed by atoms with Gasteiger partial charge in [0.1, 0.15) is 11.2 Å². The summed E-state index contributed by atoms with van der Waals surface area (Å²) in [6.07, 6.45) is 0.589. The van der Waals surface area contributed by atoms with E-state index in [1.807, 2.05) is 6.07 Å². The quantitative estimate of drug-likeness (QED) is 0.445. The van der Waals surface area contributed by atoms with Gasteiger partial charge in [-0.1, -0.05) is 50.6 Å². The number of amides is 2. The van der Waals surface area contributed by atoms with Gasteiger partial charge in [0.2, 0.25) is 11.8 Å². The molecule has 0 aromatic heterocycles. The lowest BCUT2D eigenvalue weighted by atomic mass is 9.62. The Balaban J connectivity index is 1.59. The van der Waals surface area contributed by atoms with Crippen LogP contribution in [0, 0.1) is 11.2 Å². The minimum Gasteiger partial charge on any atom is -0.379 e. The van der Waals surface area contributed by atoms with Crippen LogP contribution in [0.3, 0.4) is 0 Å². The Morgan fingerprint density at radius 2 is 2.00 bits per heavy atom. The predicted octanol–water partition coefficient (Wildman–Crippen LogP) is 4.44. The largest absolute Gasteiger partial charge is 0.379 e. The van der Waals surface area contributed by atoms with Gasteiger partial charge in [-0.2, -0.15) is 0 Å². The van der Waals surface area contributed by atoms with Crippen molar-refractivity contribution in [1.29, 1.82) is 0 Å². The zero-order chi connectivity index (χ0) is 27.9. The summed E-state index contributed by atoms with van der Waals surface area (Å²) in [6.45, 7) is 10.4. The maximum absolute atomic E-state index is 15.9. The van der Waals surface area contributed by atoms with Crippen LogP contribution in [0.2, 0.25) is 5.02 Å². The molecular formula is C29H35BrClFN4O3. The Kier molecular flexibility index (Phi) is 8.10. The van der Waals surface area contributed by atoms with Crippen molar-refractivity contribution < 1.29 is 18.7 Å². The van der Waals surface area contributed by atoms with E-state index in [2.05, 4.69) is 57.6 Å². The number of nitrogens with one attached hydrogen (secondary N) is 3. The van der Waals surface area contributed by atoms with E-state index in [-0.39, 0.29) is 21.7 Å². The van der Waals surface area contributed by atoms with Gasteiger partial charge in [-0.25, -0.2) is 4.39 Å². The fourth-order valence-electron chi connectivity index (χ4n) is 6.42. The summed E-state index contributed by atoms with van der Waals surface area (Å²) in [5.41, 5.74) is 0.247. The second-order valence-electron chi connectivity index (χ2n) is 11.8. The van der Waals surface area contributed by atoms with E-state index < -0.39 is 29.2 Å². The molecule has 0 unspecified atom stereocenters. The first-order valence-corrected chi connectivity index (χ1v) is 14.6. The van der Waals surface area contributed by atoms with E-state index in [1.54, 1.807) is 30.3 Å². The molecule has 10 heteroatoms. The van der Waals surface area contributed by atoms with Crippen LogP contribution in [-0.2, 0) is 19.7 Å². The molecule has 0 bridgehead atoms. The monoisotopic (exact) mass is 620 g/mol. The number of morpholine rings is 1. The standard InChI is InChI=1S/C29H35BrClFN4O3/c1-28(2,3)16-22-29(19-8-7-17(31)15-21(19)34-27(29)38)23(18-5-4-6-20(30)24(18)32)25(35-22)26(37)33-9-10-36-11-13-39-14-12-36/h4-8,15,22-23,25,35H,9-14,16H2,1-3H3,(H,33,37)(H,34,38)/t22-,23+,25-,29+/m1/s1. The third kappa shape index (κ3) is 5.36. The van der Waals surface area contributed by atoms with E-state index in [0.29, 0.717) is 49.0 Å². The average molecular weight is 622 g/mol. The van der Waals surface area contributed by atoms with Gasteiger partial charge >= 0.3 is 0 Å². The third-order valence-corrected chi connectivity index (χ3v) is 8.90. The Hall–Kier alpha value is -2.04. The van der Waals surface area contributed by atoms with Crippen molar-refractivity contribution in [2.45, 2.75) is 50.6 Å². The zero-order valence-corrected chi connectivity index (χ0v) is 24.8. The van der Waals surface area contributed by atoms with Gasteiger partial charge in [-0.05, 0) is 57.1 Å². The van der Waals surface area contributed by atoms with Crippen molar-refractivity contribution in [1.82, 2.24) is 15.5 Å². The maximum Gasteiger partial charge on any atom is 0.237 e. The zero-order valence-electron chi connectivity index (χ0n) is 22.5. The second-order valence-corrected chi connectivity index (χ2v) is 13.1. The number of carbonyl (C=O) groups excluding carboxylic acids is 2. The maximum atomic E-state index is 15.9. The number of rotatable bonds is 6. The first kappa shape index (κ1) is 28.5. The van der Waals surface area contributed by atoms with Gasteiger partial charge in [-0.3, -0.25) is 14.5 Å². The third-order valence-electron chi connectivity index (χ3n) is 8.05. The molecule has 2 aromatic rings. The first-order chi connectivity index (χ1) is 18.5. The molecule has 4 atom stereocenters. The van der Waals surface area contributed by atoms with Crippen molar-refractivity contribution >= 4 is 45.0 Å².